The van der Waals surface area contributed by atoms with Gasteiger partial charge in [0.1, 0.15) is 11.1 Å². The number of rotatable bonds is 5. The van der Waals surface area contributed by atoms with Crippen molar-refractivity contribution in [1.82, 2.24) is 0 Å². The molecule has 0 radical (unpaired) electrons. The minimum atomic E-state index is -1.22. The van der Waals surface area contributed by atoms with Gasteiger partial charge in [-0.25, -0.2) is 0 Å². The fourth-order valence-electron chi connectivity index (χ4n) is 1.38. The maximum absolute atomic E-state index is 10.6. The molecule has 17 heavy (non-hydrogen) atoms. The lowest BCUT2D eigenvalue weighted by atomic mass is 10.0. The molecule has 1 amide bonds. The molecular formula is C11H14N2O3S. The van der Waals surface area contributed by atoms with Gasteiger partial charge in [0, 0.05) is 5.56 Å². The Morgan fingerprint density at radius 1 is 1.24 bits per heavy atom. The van der Waals surface area contributed by atoms with Crippen LogP contribution in [0.15, 0.2) is 24.3 Å². The van der Waals surface area contributed by atoms with Crippen molar-refractivity contribution in [2.45, 2.75) is 18.6 Å². The van der Waals surface area contributed by atoms with Crippen LogP contribution in [0.1, 0.15) is 23.7 Å². The van der Waals surface area contributed by atoms with Crippen LogP contribution in [-0.2, 0) is 4.79 Å². The topological polar surface area (TPSA) is 110 Å². The zero-order chi connectivity index (χ0) is 13.0. The normalized spacial score (nSPS) is 14.0. The van der Waals surface area contributed by atoms with Gasteiger partial charge >= 0.3 is 0 Å². The summed E-state index contributed by atoms with van der Waals surface area (Å²) in [5, 5.41) is 19.3. The molecule has 0 spiro atoms. The molecule has 0 bridgehead atoms. The van der Waals surface area contributed by atoms with Crippen molar-refractivity contribution in [2.24, 2.45) is 11.5 Å². The number of benzene rings is 1. The zero-order valence-corrected chi connectivity index (χ0v) is 9.85. The number of carbonyl (C=O) groups excluding carboxylic acids is 1. The van der Waals surface area contributed by atoms with Crippen LogP contribution >= 0.6 is 12.2 Å². The van der Waals surface area contributed by atoms with Crippen molar-refractivity contribution >= 4 is 23.1 Å². The summed E-state index contributed by atoms with van der Waals surface area (Å²) in [5.41, 5.74) is 11.5. The van der Waals surface area contributed by atoms with Gasteiger partial charge in [-0.2, -0.15) is 0 Å². The van der Waals surface area contributed by atoms with Crippen molar-refractivity contribution in [1.29, 1.82) is 0 Å². The first-order chi connectivity index (χ1) is 7.91. The first kappa shape index (κ1) is 13.6. The average Bonchev–Trinajstić information content (AvgIpc) is 2.27. The van der Waals surface area contributed by atoms with E-state index in [9.17, 15) is 15.0 Å². The fourth-order valence-corrected chi connectivity index (χ4v) is 1.52. The van der Waals surface area contributed by atoms with Crippen LogP contribution in [0.5, 0.6) is 0 Å². The fraction of sp³-hybridized carbons (Fsp3) is 0.273. The van der Waals surface area contributed by atoms with Crippen LogP contribution in [0.2, 0.25) is 0 Å². The van der Waals surface area contributed by atoms with Gasteiger partial charge in [0.05, 0.1) is 12.5 Å². The number of aliphatic hydroxyl groups excluding tert-OH is 2. The number of amides is 1. The monoisotopic (exact) mass is 254 g/mol. The molecule has 0 heterocycles. The summed E-state index contributed by atoms with van der Waals surface area (Å²) in [6.45, 7) is 0. The second-order valence-corrected chi connectivity index (χ2v) is 4.11. The molecule has 6 heteroatoms. The van der Waals surface area contributed by atoms with E-state index in [1.54, 1.807) is 24.3 Å². The lowest BCUT2D eigenvalue weighted by Gasteiger charge is -2.17. The molecule has 0 aliphatic rings. The van der Waals surface area contributed by atoms with Gasteiger partial charge in [-0.3, -0.25) is 4.79 Å². The molecule has 2 atom stereocenters. The smallest absolute Gasteiger partial charge is 0.220 e. The lowest BCUT2D eigenvalue weighted by molar-refractivity contribution is -0.121. The first-order valence-corrected chi connectivity index (χ1v) is 5.37. The quantitative estimate of drug-likeness (QED) is 0.534. The highest BCUT2D eigenvalue weighted by molar-refractivity contribution is 7.80. The van der Waals surface area contributed by atoms with E-state index in [0.717, 1.165) is 0 Å². The van der Waals surface area contributed by atoms with E-state index in [1.165, 1.54) is 0 Å². The van der Waals surface area contributed by atoms with Gasteiger partial charge in [0.2, 0.25) is 5.91 Å². The number of hydrogen-bond acceptors (Lipinski definition) is 4. The summed E-state index contributed by atoms with van der Waals surface area (Å²) >= 11 is 4.78. The molecule has 2 unspecified atom stereocenters. The zero-order valence-electron chi connectivity index (χ0n) is 9.04. The maximum Gasteiger partial charge on any atom is 0.220 e. The van der Waals surface area contributed by atoms with E-state index in [1.807, 2.05) is 0 Å². The Bertz CT molecular complexity index is 419. The van der Waals surface area contributed by atoms with Crippen LogP contribution in [0, 0.1) is 0 Å². The van der Waals surface area contributed by atoms with Crippen LogP contribution in [0.4, 0.5) is 0 Å². The first-order valence-electron chi connectivity index (χ1n) is 4.96. The molecule has 1 aromatic rings. The standard InChI is InChI=1S/C11H14N2O3S/c12-9(15)5-8(14)10(16)6-1-3-7(4-2-6)11(13)17/h1-4,8,10,14,16H,5H2,(H2,12,15)(H2,13,17). The van der Waals surface area contributed by atoms with Crippen LogP contribution in [-0.4, -0.2) is 27.2 Å². The van der Waals surface area contributed by atoms with Crippen LogP contribution < -0.4 is 11.5 Å². The highest BCUT2D eigenvalue weighted by Gasteiger charge is 2.20. The third kappa shape index (κ3) is 3.77. The Morgan fingerprint density at radius 2 is 1.76 bits per heavy atom. The molecule has 5 nitrogen and oxygen atoms in total. The second kappa shape index (κ2) is 5.72. The van der Waals surface area contributed by atoms with E-state index in [-0.39, 0.29) is 11.4 Å². The summed E-state index contributed by atoms with van der Waals surface area (Å²) in [4.78, 5) is 10.9. The SMILES string of the molecule is NC(=O)CC(O)C(O)c1ccc(C(N)=S)cc1. The number of carbonyl (C=O) groups is 1. The highest BCUT2D eigenvalue weighted by Crippen LogP contribution is 2.19. The average molecular weight is 254 g/mol. The maximum atomic E-state index is 10.6. The highest BCUT2D eigenvalue weighted by atomic mass is 32.1. The molecule has 0 saturated carbocycles. The molecule has 6 N–H and O–H groups in total. The lowest BCUT2D eigenvalue weighted by Crippen LogP contribution is -2.25. The Kier molecular flexibility index (Phi) is 4.56. The molecule has 0 aromatic heterocycles. The molecule has 1 rings (SSSR count). The van der Waals surface area contributed by atoms with Crippen molar-refractivity contribution < 1.29 is 15.0 Å². The van der Waals surface area contributed by atoms with Crippen LogP contribution in [0.25, 0.3) is 0 Å². The van der Waals surface area contributed by atoms with Gasteiger partial charge in [-0.1, -0.05) is 36.5 Å². The van der Waals surface area contributed by atoms with Gasteiger partial charge < -0.3 is 21.7 Å². The Morgan fingerprint density at radius 3 is 2.18 bits per heavy atom. The van der Waals surface area contributed by atoms with E-state index in [4.69, 9.17) is 23.7 Å². The summed E-state index contributed by atoms with van der Waals surface area (Å²) < 4.78 is 0. The van der Waals surface area contributed by atoms with E-state index in [2.05, 4.69) is 0 Å². The Hall–Kier alpha value is -1.50. The molecule has 92 valence electrons. The minimum Gasteiger partial charge on any atom is -0.390 e. The van der Waals surface area contributed by atoms with E-state index >= 15 is 0 Å². The number of hydrogen-bond donors (Lipinski definition) is 4. The van der Waals surface area contributed by atoms with Gasteiger partial charge in [0.15, 0.2) is 0 Å². The van der Waals surface area contributed by atoms with E-state index < -0.39 is 18.1 Å². The largest absolute Gasteiger partial charge is 0.390 e. The van der Waals surface area contributed by atoms with Gasteiger partial charge in [-0.05, 0) is 5.56 Å². The summed E-state index contributed by atoms with van der Waals surface area (Å²) in [6, 6.07) is 6.45. The van der Waals surface area contributed by atoms with Gasteiger partial charge in [0.25, 0.3) is 0 Å². The minimum absolute atomic E-state index is 0.253. The third-order valence-electron chi connectivity index (χ3n) is 2.31. The number of nitrogens with two attached hydrogens (primary N) is 2. The van der Waals surface area contributed by atoms with Crippen molar-refractivity contribution in [2.75, 3.05) is 0 Å². The predicted octanol–water partition coefficient (Wildman–Crippen LogP) is -0.410. The van der Waals surface area contributed by atoms with Gasteiger partial charge in [-0.15, -0.1) is 0 Å². The number of thiocarbonyl (C=S) groups is 1. The summed E-state index contributed by atoms with van der Waals surface area (Å²) in [7, 11) is 0. The summed E-state index contributed by atoms with van der Waals surface area (Å²) in [5.74, 6) is -0.670. The van der Waals surface area contributed by atoms with Crippen molar-refractivity contribution in [3.8, 4) is 0 Å². The Labute approximate surface area is 104 Å². The second-order valence-electron chi connectivity index (χ2n) is 3.67. The van der Waals surface area contributed by atoms with Crippen molar-refractivity contribution in [3.05, 3.63) is 35.4 Å². The molecule has 0 aliphatic carbocycles. The summed E-state index contributed by atoms with van der Waals surface area (Å²) in [6.07, 6.45) is -2.68. The van der Waals surface area contributed by atoms with Crippen LogP contribution in [0.3, 0.4) is 0 Å². The Balaban J connectivity index is 2.78. The third-order valence-corrected chi connectivity index (χ3v) is 2.55. The van der Waals surface area contributed by atoms with Crippen molar-refractivity contribution in [3.63, 3.8) is 0 Å². The molecule has 0 aliphatic heterocycles. The number of primary amides is 1. The molecule has 1 aromatic carbocycles. The number of aliphatic hydroxyl groups is 2. The molecule has 0 fully saturated rings. The molecule has 0 saturated heterocycles. The predicted molar refractivity (Wildman–Crippen MR) is 67.1 cm³/mol. The van der Waals surface area contributed by atoms with E-state index in [0.29, 0.717) is 11.1 Å². The molecular weight excluding hydrogens is 240 g/mol.